The van der Waals surface area contributed by atoms with E-state index >= 15 is 0 Å². The van der Waals surface area contributed by atoms with E-state index in [9.17, 15) is 4.79 Å². The Bertz CT molecular complexity index is 184. The zero-order valence-corrected chi connectivity index (χ0v) is 8.74. The van der Waals surface area contributed by atoms with Crippen molar-refractivity contribution in [3.8, 4) is 0 Å². The summed E-state index contributed by atoms with van der Waals surface area (Å²) in [7, 11) is 1.65. The third-order valence-corrected chi connectivity index (χ3v) is 2.73. The van der Waals surface area contributed by atoms with E-state index in [1.165, 1.54) is 0 Å². The van der Waals surface area contributed by atoms with Crippen LogP contribution in [0.3, 0.4) is 0 Å². The predicted octanol–water partition coefficient (Wildman–Crippen LogP) is 0.962. The molecule has 4 nitrogen and oxygen atoms in total. The van der Waals surface area contributed by atoms with Gasteiger partial charge in [0.15, 0.2) is 0 Å². The summed E-state index contributed by atoms with van der Waals surface area (Å²) in [5.74, 6) is -0.692. The monoisotopic (exact) mass is 201 g/mol. The van der Waals surface area contributed by atoms with Crippen molar-refractivity contribution in [2.24, 2.45) is 0 Å². The minimum Gasteiger partial charge on any atom is -0.480 e. The van der Waals surface area contributed by atoms with Gasteiger partial charge in [-0.25, -0.2) is 0 Å². The Morgan fingerprint density at radius 1 is 1.50 bits per heavy atom. The molecule has 1 heterocycles. The maximum Gasteiger partial charge on any atom is 0.320 e. The van der Waals surface area contributed by atoms with Crippen LogP contribution in [0.1, 0.15) is 25.7 Å². The highest BCUT2D eigenvalue weighted by Gasteiger charge is 2.26. The average Bonchev–Trinajstić information content (AvgIpc) is 2.39. The van der Waals surface area contributed by atoms with Crippen molar-refractivity contribution in [3.05, 3.63) is 0 Å². The zero-order chi connectivity index (χ0) is 10.4. The number of ether oxygens (including phenoxy) is 1. The molecule has 14 heavy (non-hydrogen) atoms. The number of rotatable bonds is 4. The highest BCUT2D eigenvalue weighted by molar-refractivity contribution is 5.73. The molecule has 1 atom stereocenters. The first-order valence-corrected chi connectivity index (χ1v) is 5.21. The molecule has 0 radical (unpaired) electrons. The molecule has 1 N–H and O–H groups in total. The predicted molar refractivity (Wildman–Crippen MR) is 53.3 cm³/mol. The molecule has 0 saturated carbocycles. The van der Waals surface area contributed by atoms with Crippen molar-refractivity contribution in [2.75, 3.05) is 26.8 Å². The third kappa shape index (κ3) is 3.27. The summed E-state index contributed by atoms with van der Waals surface area (Å²) in [5.41, 5.74) is 0. The molecule has 1 aliphatic rings. The lowest BCUT2D eigenvalue weighted by Gasteiger charge is -2.26. The maximum absolute atomic E-state index is 11.0. The van der Waals surface area contributed by atoms with Crippen molar-refractivity contribution in [1.82, 2.24) is 4.90 Å². The maximum atomic E-state index is 11.0. The first-order valence-electron chi connectivity index (χ1n) is 5.21. The third-order valence-electron chi connectivity index (χ3n) is 2.73. The van der Waals surface area contributed by atoms with Gasteiger partial charge in [-0.15, -0.1) is 0 Å². The summed E-state index contributed by atoms with van der Waals surface area (Å²) in [6.45, 7) is 2.23. The molecule has 1 saturated heterocycles. The Labute approximate surface area is 84.8 Å². The highest BCUT2D eigenvalue weighted by atomic mass is 16.5. The van der Waals surface area contributed by atoms with Crippen LogP contribution < -0.4 is 0 Å². The van der Waals surface area contributed by atoms with Gasteiger partial charge in [0.25, 0.3) is 0 Å². The van der Waals surface area contributed by atoms with Gasteiger partial charge in [-0.3, -0.25) is 9.69 Å². The zero-order valence-electron chi connectivity index (χ0n) is 8.74. The number of carbonyl (C=O) groups is 1. The topological polar surface area (TPSA) is 49.8 Å². The minimum absolute atomic E-state index is 0.298. The van der Waals surface area contributed by atoms with Gasteiger partial charge < -0.3 is 9.84 Å². The molecule has 1 rings (SSSR count). The molecule has 1 aliphatic heterocycles. The van der Waals surface area contributed by atoms with Crippen molar-refractivity contribution in [3.63, 3.8) is 0 Å². The van der Waals surface area contributed by atoms with E-state index in [0.717, 1.165) is 38.8 Å². The number of nitrogens with zero attached hydrogens (tertiary/aromatic N) is 1. The van der Waals surface area contributed by atoms with Crippen LogP contribution >= 0.6 is 0 Å². The molecule has 4 heteroatoms. The Hall–Kier alpha value is -0.610. The fourth-order valence-electron chi connectivity index (χ4n) is 1.92. The molecule has 0 spiro atoms. The summed E-state index contributed by atoms with van der Waals surface area (Å²) in [6, 6.07) is -0.298. The van der Waals surface area contributed by atoms with Gasteiger partial charge in [0.1, 0.15) is 6.04 Å². The second-order valence-electron chi connectivity index (χ2n) is 3.73. The smallest absolute Gasteiger partial charge is 0.320 e. The lowest BCUT2D eigenvalue weighted by atomic mass is 10.1. The molecule has 1 fully saturated rings. The summed E-state index contributed by atoms with van der Waals surface area (Å²) in [6.07, 6.45) is 4.06. The summed E-state index contributed by atoms with van der Waals surface area (Å²) >= 11 is 0. The second-order valence-corrected chi connectivity index (χ2v) is 3.73. The quantitative estimate of drug-likeness (QED) is 0.736. The molecule has 0 aromatic rings. The Kier molecular flexibility index (Phi) is 4.90. The fourth-order valence-corrected chi connectivity index (χ4v) is 1.92. The average molecular weight is 201 g/mol. The first-order chi connectivity index (χ1) is 6.75. The van der Waals surface area contributed by atoms with E-state index in [4.69, 9.17) is 9.84 Å². The molecule has 82 valence electrons. The molecular weight excluding hydrogens is 182 g/mol. The second kappa shape index (κ2) is 5.98. The van der Waals surface area contributed by atoms with Crippen LogP contribution in [0, 0.1) is 0 Å². The summed E-state index contributed by atoms with van der Waals surface area (Å²) < 4.78 is 4.98. The SMILES string of the molecule is COCCN1CCCCCC1C(=O)O. The number of carboxylic acid groups (broad SMARTS) is 1. The van der Waals surface area contributed by atoms with Crippen LogP contribution in [-0.4, -0.2) is 48.8 Å². The molecular formula is C10H19NO3. The fraction of sp³-hybridized carbons (Fsp3) is 0.900. The van der Waals surface area contributed by atoms with Crippen molar-refractivity contribution in [2.45, 2.75) is 31.7 Å². The Morgan fingerprint density at radius 3 is 2.93 bits per heavy atom. The number of hydrogen-bond acceptors (Lipinski definition) is 3. The summed E-state index contributed by atoms with van der Waals surface area (Å²) in [5, 5.41) is 9.05. The van der Waals surface area contributed by atoms with Crippen LogP contribution in [-0.2, 0) is 9.53 Å². The molecule has 0 amide bonds. The molecule has 0 aromatic heterocycles. The van der Waals surface area contributed by atoms with Gasteiger partial charge in [0.05, 0.1) is 6.61 Å². The summed E-state index contributed by atoms with van der Waals surface area (Å²) in [4.78, 5) is 13.0. The van der Waals surface area contributed by atoms with E-state index in [-0.39, 0.29) is 6.04 Å². The normalized spacial score (nSPS) is 24.5. The lowest BCUT2D eigenvalue weighted by Crippen LogP contribution is -2.42. The van der Waals surface area contributed by atoms with E-state index in [2.05, 4.69) is 0 Å². The van der Waals surface area contributed by atoms with Gasteiger partial charge in [0, 0.05) is 13.7 Å². The van der Waals surface area contributed by atoms with Crippen LogP contribution in [0.5, 0.6) is 0 Å². The number of aliphatic carboxylic acids is 1. The van der Waals surface area contributed by atoms with Crippen LogP contribution in [0.15, 0.2) is 0 Å². The minimum atomic E-state index is -0.692. The van der Waals surface area contributed by atoms with Gasteiger partial charge in [-0.2, -0.15) is 0 Å². The van der Waals surface area contributed by atoms with Crippen molar-refractivity contribution < 1.29 is 14.6 Å². The molecule has 0 aromatic carbocycles. The number of carboxylic acids is 1. The van der Waals surface area contributed by atoms with E-state index in [1.807, 2.05) is 4.90 Å². The number of hydrogen-bond donors (Lipinski definition) is 1. The van der Waals surface area contributed by atoms with Crippen LogP contribution in [0.25, 0.3) is 0 Å². The first kappa shape index (κ1) is 11.5. The van der Waals surface area contributed by atoms with E-state index < -0.39 is 5.97 Å². The highest BCUT2D eigenvalue weighted by Crippen LogP contribution is 2.16. The van der Waals surface area contributed by atoms with Gasteiger partial charge in [0.2, 0.25) is 0 Å². The largest absolute Gasteiger partial charge is 0.480 e. The van der Waals surface area contributed by atoms with Gasteiger partial charge >= 0.3 is 5.97 Å². The Balaban J connectivity index is 2.50. The van der Waals surface area contributed by atoms with Crippen molar-refractivity contribution in [1.29, 1.82) is 0 Å². The van der Waals surface area contributed by atoms with Crippen molar-refractivity contribution >= 4 is 5.97 Å². The molecule has 1 unspecified atom stereocenters. The number of methoxy groups -OCH3 is 1. The van der Waals surface area contributed by atoms with Crippen LogP contribution in [0.4, 0.5) is 0 Å². The Morgan fingerprint density at radius 2 is 2.29 bits per heavy atom. The van der Waals surface area contributed by atoms with Gasteiger partial charge in [-0.05, 0) is 19.4 Å². The van der Waals surface area contributed by atoms with E-state index in [0.29, 0.717) is 6.61 Å². The lowest BCUT2D eigenvalue weighted by molar-refractivity contribution is -0.143. The molecule has 0 aliphatic carbocycles. The van der Waals surface area contributed by atoms with Crippen LogP contribution in [0.2, 0.25) is 0 Å². The van der Waals surface area contributed by atoms with Gasteiger partial charge in [-0.1, -0.05) is 12.8 Å². The van der Waals surface area contributed by atoms with E-state index in [1.54, 1.807) is 7.11 Å². The molecule has 0 bridgehead atoms. The standard InChI is InChI=1S/C10H19NO3/c1-14-8-7-11-6-4-2-3-5-9(11)10(12)13/h9H,2-8H2,1H3,(H,12,13). The number of likely N-dealkylation sites (tertiary alicyclic amines) is 1.